The maximum absolute atomic E-state index is 4.80. The number of aryl methyl sites for hydroxylation is 1. The third kappa shape index (κ3) is 1.80. The molecule has 1 aromatic carbocycles. The van der Waals surface area contributed by atoms with Crippen LogP contribution in [0.1, 0.15) is 0 Å². The van der Waals surface area contributed by atoms with E-state index in [1.807, 2.05) is 0 Å². The van der Waals surface area contributed by atoms with Crippen LogP contribution in [0.15, 0.2) is 52.7 Å². The Labute approximate surface area is 125 Å². The van der Waals surface area contributed by atoms with Crippen LogP contribution >= 0.6 is 22.7 Å². The predicted octanol–water partition coefficient (Wildman–Crippen LogP) is 5.03. The fraction of sp³-hybridized carbons (Fsp3) is 0.0625. The number of fused-ring (bicyclic) bond motifs is 1. The fourth-order valence-corrected chi connectivity index (χ4v) is 3.95. The first kappa shape index (κ1) is 11.9. The van der Waals surface area contributed by atoms with Crippen LogP contribution in [0.2, 0.25) is 0 Å². The molecule has 2 nitrogen and oxygen atoms in total. The lowest BCUT2D eigenvalue weighted by molar-refractivity contribution is 0.970. The number of thiazole rings is 1. The van der Waals surface area contributed by atoms with Crippen LogP contribution in [0.4, 0.5) is 0 Å². The Hall–Kier alpha value is -1.91. The molecule has 4 rings (SSSR count). The van der Waals surface area contributed by atoms with Crippen LogP contribution in [0.25, 0.3) is 32.7 Å². The van der Waals surface area contributed by atoms with Crippen molar-refractivity contribution in [3.8, 4) is 21.8 Å². The van der Waals surface area contributed by atoms with Gasteiger partial charge in [0.25, 0.3) is 0 Å². The van der Waals surface area contributed by atoms with Gasteiger partial charge in [0.2, 0.25) is 0 Å². The molecule has 4 heteroatoms. The molecule has 0 atom stereocenters. The first-order valence-corrected chi connectivity index (χ1v) is 8.18. The second-order valence-electron chi connectivity index (χ2n) is 4.72. The van der Waals surface area contributed by atoms with Gasteiger partial charge in [-0.05, 0) is 17.5 Å². The largest absolute Gasteiger partial charge is 0.350 e. The lowest BCUT2D eigenvalue weighted by atomic mass is 10.2. The second-order valence-corrected chi connectivity index (χ2v) is 6.36. The maximum Gasteiger partial charge on any atom is 0.126 e. The summed E-state index contributed by atoms with van der Waals surface area (Å²) in [4.78, 5) is 4.80. The lowest BCUT2D eigenvalue weighted by Gasteiger charge is -1.94. The monoisotopic (exact) mass is 296 g/mol. The summed E-state index contributed by atoms with van der Waals surface area (Å²) in [6.07, 6.45) is 2.17. The van der Waals surface area contributed by atoms with Gasteiger partial charge in [-0.3, -0.25) is 0 Å². The minimum atomic E-state index is 1.07. The molecular formula is C16H12N2S2. The highest BCUT2D eigenvalue weighted by molar-refractivity contribution is 7.13. The third-order valence-electron chi connectivity index (χ3n) is 3.45. The number of thiophene rings is 1. The van der Waals surface area contributed by atoms with E-state index in [1.165, 1.54) is 22.0 Å². The molecule has 0 amide bonds. The van der Waals surface area contributed by atoms with Gasteiger partial charge >= 0.3 is 0 Å². The van der Waals surface area contributed by atoms with Crippen molar-refractivity contribution >= 4 is 33.6 Å². The Bertz CT molecular complexity index is 869. The third-order valence-corrected chi connectivity index (χ3v) is 5.01. The number of hydrogen-bond acceptors (Lipinski definition) is 3. The van der Waals surface area contributed by atoms with Crippen molar-refractivity contribution in [2.75, 3.05) is 0 Å². The smallest absolute Gasteiger partial charge is 0.126 e. The van der Waals surface area contributed by atoms with Crippen molar-refractivity contribution in [3.63, 3.8) is 0 Å². The van der Waals surface area contributed by atoms with Crippen molar-refractivity contribution in [3.05, 3.63) is 52.7 Å². The topological polar surface area (TPSA) is 17.8 Å². The molecule has 0 aliphatic heterocycles. The first-order chi connectivity index (χ1) is 9.83. The van der Waals surface area contributed by atoms with Crippen molar-refractivity contribution < 1.29 is 0 Å². The molecule has 98 valence electrons. The van der Waals surface area contributed by atoms with Gasteiger partial charge in [-0.15, -0.1) is 11.3 Å². The summed E-state index contributed by atoms with van der Waals surface area (Å²) in [5.74, 6) is 0. The van der Waals surface area contributed by atoms with Gasteiger partial charge in [-0.1, -0.05) is 18.2 Å². The zero-order valence-electron chi connectivity index (χ0n) is 10.9. The number of benzene rings is 1. The lowest BCUT2D eigenvalue weighted by Crippen LogP contribution is -1.81. The van der Waals surface area contributed by atoms with Gasteiger partial charge in [0.15, 0.2) is 0 Å². The van der Waals surface area contributed by atoms with Crippen molar-refractivity contribution in [2.24, 2.45) is 7.05 Å². The summed E-state index contributed by atoms with van der Waals surface area (Å²) in [7, 11) is 2.08. The Morgan fingerprint density at radius 3 is 2.85 bits per heavy atom. The number of nitrogens with zero attached hydrogens (tertiary/aromatic N) is 2. The molecule has 0 fully saturated rings. The highest BCUT2D eigenvalue weighted by Gasteiger charge is 2.12. The Balaban J connectivity index is 1.88. The minimum Gasteiger partial charge on any atom is -0.350 e. The normalized spacial score (nSPS) is 11.2. The SMILES string of the molecule is Cn1cc(-c2nc(-c3ccsc3)cs2)c2ccccc21. The van der Waals surface area contributed by atoms with E-state index < -0.39 is 0 Å². The summed E-state index contributed by atoms with van der Waals surface area (Å²) < 4.78 is 2.16. The van der Waals surface area contributed by atoms with Crippen LogP contribution in [-0.4, -0.2) is 9.55 Å². The highest BCUT2D eigenvalue weighted by Crippen LogP contribution is 2.34. The summed E-state index contributed by atoms with van der Waals surface area (Å²) in [5, 5.41) is 8.72. The van der Waals surface area contributed by atoms with Crippen LogP contribution in [-0.2, 0) is 7.05 Å². The molecule has 0 saturated heterocycles. The maximum atomic E-state index is 4.80. The average molecular weight is 296 g/mol. The Kier molecular flexibility index (Phi) is 2.72. The summed E-state index contributed by atoms with van der Waals surface area (Å²) >= 11 is 3.42. The Morgan fingerprint density at radius 1 is 1.10 bits per heavy atom. The van der Waals surface area contributed by atoms with Crippen LogP contribution in [0, 0.1) is 0 Å². The van der Waals surface area contributed by atoms with Gasteiger partial charge in [0, 0.05) is 46.0 Å². The summed E-state index contributed by atoms with van der Waals surface area (Å²) in [6.45, 7) is 0. The van der Waals surface area contributed by atoms with E-state index in [-0.39, 0.29) is 0 Å². The highest BCUT2D eigenvalue weighted by atomic mass is 32.1. The van der Waals surface area contributed by atoms with Gasteiger partial charge in [0.05, 0.1) is 5.69 Å². The number of para-hydroxylation sites is 1. The van der Waals surface area contributed by atoms with E-state index in [9.17, 15) is 0 Å². The summed E-state index contributed by atoms with van der Waals surface area (Å²) in [5.41, 5.74) is 4.74. The van der Waals surface area contributed by atoms with E-state index in [0.717, 1.165) is 10.7 Å². The van der Waals surface area contributed by atoms with Gasteiger partial charge in [0.1, 0.15) is 5.01 Å². The second kappa shape index (κ2) is 4.58. The van der Waals surface area contributed by atoms with Crippen LogP contribution in [0.3, 0.4) is 0 Å². The molecule has 0 unspecified atom stereocenters. The molecule has 0 aliphatic carbocycles. The van der Waals surface area contributed by atoms with Crippen molar-refractivity contribution in [2.45, 2.75) is 0 Å². The first-order valence-electron chi connectivity index (χ1n) is 6.35. The quantitative estimate of drug-likeness (QED) is 0.507. The summed E-state index contributed by atoms with van der Waals surface area (Å²) in [6, 6.07) is 10.6. The molecule has 3 heterocycles. The predicted molar refractivity (Wildman–Crippen MR) is 87.3 cm³/mol. The molecule has 0 radical (unpaired) electrons. The molecular weight excluding hydrogens is 284 g/mol. The van der Waals surface area contributed by atoms with Crippen molar-refractivity contribution in [1.82, 2.24) is 9.55 Å². The number of hydrogen-bond donors (Lipinski definition) is 0. The van der Waals surface area contributed by atoms with Crippen LogP contribution < -0.4 is 0 Å². The average Bonchev–Trinajstić information content (AvgIpc) is 3.17. The molecule has 0 saturated carbocycles. The van der Waals surface area contributed by atoms with Gasteiger partial charge in [-0.2, -0.15) is 11.3 Å². The van der Waals surface area contributed by atoms with Crippen LogP contribution in [0.5, 0.6) is 0 Å². The van der Waals surface area contributed by atoms with Gasteiger partial charge < -0.3 is 4.57 Å². The molecule has 4 aromatic rings. The number of aromatic nitrogens is 2. The zero-order valence-corrected chi connectivity index (χ0v) is 12.5. The molecule has 0 N–H and O–H groups in total. The van der Waals surface area contributed by atoms with E-state index in [2.05, 4.69) is 64.3 Å². The van der Waals surface area contributed by atoms with Gasteiger partial charge in [-0.25, -0.2) is 4.98 Å². The van der Waals surface area contributed by atoms with E-state index >= 15 is 0 Å². The van der Waals surface area contributed by atoms with E-state index in [1.54, 1.807) is 22.7 Å². The van der Waals surface area contributed by atoms with Crippen molar-refractivity contribution in [1.29, 1.82) is 0 Å². The molecule has 0 bridgehead atoms. The molecule has 20 heavy (non-hydrogen) atoms. The standard InChI is InChI=1S/C16H12N2S2/c1-18-8-13(12-4-2-3-5-15(12)18)16-17-14(10-20-16)11-6-7-19-9-11/h2-10H,1H3. The minimum absolute atomic E-state index is 1.07. The van der Waals surface area contributed by atoms with E-state index in [0.29, 0.717) is 0 Å². The van der Waals surface area contributed by atoms with E-state index in [4.69, 9.17) is 4.98 Å². The molecule has 0 aliphatic rings. The molecule has 3 aromatic heterocycles. The number of rotatable bonds is 2. The Morgan fingerprint density at radius 2 is 2.00 bits per heavy atom. The molecule has 0 spiro atoms. The zero-order chi connectivity index (χ0) is 13.5. The fourth-order valence-electron chi connectivity index (χ4n) is 2.45.